The number of anilines is 2. The number of nitrogens with one attached hydrogen (secondary N) is 1. The highest BCUT2D eigenvalue weighted by atomic mass is 127. The smallest absolute Gasteiger partial charge is 0.414 e. The zero-order chi connectivity index (χ0) is 22.9. The van der Waals surface area contributed by atoms with Gasteiger partial charge < -0.3 is 14.4 Å². The van der Waals surface area contributed by atoms with E-state index in [1.165, 1.54) is 18.5 Å². The summed E-state index contributed by atoms with van der Waals surface area (Å²) in [4.78, 5) is 31.7. The third-order valence-electron chi connectivity index (χ3n) is 4.55. The molecule has 3 aromatic rings. The Kier molecular flexibility index (Phi) is 6.38. The van der Waals surface area contributed by atoms with Crippen molar-refractivity contribution in [3.05, 3.63) is 33.9 Å². The Hall–Kier alpha value is -2.67. The lowest BCUT2D eigenvalue weighted by molar-refractivity contribution is 0.0634. The van der Waals surface area contributed by atoms with Crippen LogP contribution >= 0.6 is 22.6 Å². The third-order valence-corrected chi connectivity index (χ3v) is 5.38. The standard InChI is InChI=1S/C21H22FIN6O3/c1-21(2,3)32-20(30)28-19-24-10-12(11-25-19)17-26-16-9-15(23)14(22)8-13(16)18(27-17)29-4-6-31-7-5-29/h8-11H,4-7H2,1-3H3,(H,24,25,28,30). The molecule has 2 aromatic heterocycles. The zero-order valence-electron chi connectivity index (χ0n) is 17.9. The summed E-state index contributed by atoms with van der Waals surface area (Å²) in [5.74, 6) is 0.837. The van der Waals surface area contributed by atoms with E-state index in [0.29, 0.717) is 58.0 Å². The minimum absolute atomic E-state index is 0.105. The molecule has 1 amide bonds. The van der Waals surface area contributed by atoms with Crippen LogP contribution in [0.5, 0.6) is 0 Å². The Balaban J connectivity index is 1.68. The summed E-state index contributed by atoms with van der Waals surface area (Å²) in [6.07, 6.45) is 2.41. The second-order valence-corrected chi connectivity index (χ2v) is 9.34. The molecule has 0 unspecified atom stereocenters. The van der Waals surface area contributed by atoms with E-state index in [1.54, 1.807) is 26.8 Å². The summed E-state index contributed by atoms with van der Waals surface area (Å²) in [5, 5.41) is 3.13. The Morgan fingerprint density at radius 1 is 1.19 bits per heavy atom. The van der Waals surface area contributed by atoms with E-state index < -0.39 is 11.7 Å². The van der Waals surface area contributed by atoms with Gasteiger partial charge in [-0.25, -0.2) is 29.1 Å². The monoisotopic (exact) mass is 552 g/mol. The number of benzene rings is 1. The SMILES string of the molecule is CC(C)(C)OC(=O)Nc1ncc(-c2nc(N3CCOCC3)c3cc(F)c(I)cc3n2)cn1. The molecule has 32 heavy (non-hydrogen) atoms. The van der Waals surface area contributed by atoms with E-state index in [9.17, 15) is 9.18 Å². The van der Waals surface area contributed by atoms with Crippen molar-refractivity contribution < 1.29 is 18.7 Å². The fourth-order valence-electron chi connectivity index (χ4n) is 3.16. The molecule has 1 aromatic carbocycles. The molecule has 9 nitrogen and oxygen atoms in total. The molecular formula is C21H22FIN6O3. The molecule has 168 valence electrons. The highest BCUT2D eigenvalue weighted by Crippen LogP contribution is 2.30. The van der Waals surface area contributed by atoms with Crippen LogP contribution in [0.2, 0.25) is 0 Å². The van der Waals surface area contributed by atoms with Gasteiger partial charge in [0.1, 0.15) is 17.2 Å². The van der Waals surface area contributed by atoms with Crippen LogP contribution in [0, 0.1) is 9.39 Å². The summed E-state index contributed by atoms with van der Waals surface area (Å²) in [6.45, 7) is 7.75. The highest BCUT2D eigenvalue weighted by Gasteiger charge is 2.20. The van der Waals surface area contributed by atoms with Gasteiger partial charge in [-0.3, -0.25) is 5.32 Å². The molecular weight excluding hydrogens is 530 g/mol. The predicted molar refractivity (Wildman–Crippen MR) is 126 cm³/mol. The van der Waals surface area contributed by atoms with E-state index in [2.05, 4.69) is 25.2 Å². The number of halogens is 2. The van der Waals surface area contributed by atoms with Crippen molar-refractivity contribution in [2.45, 2.75) is 26.4 Å². The Morgan fingerprint density at radius 2 is 1.88 bits per heavy atom. The second-order valence-electron chi connectivity index (χ2n) is 8.18. The van der Waals surface area contributed by atoms with Gasteiger partial charge in [0, 0.05) is 30.9 Å². The Labute approximate surface area is 197 Å². The fourth-order valence-corrected chi connectivity index (χ4v) is 3.61. The first-order chi connectivity index (χ1) is 15.2. The molecule has 1 fully saturated rings. The number of ether oxygens (including phenoxy) is 2. The van der Waals surface area contributed by atoms with Gasteiger partial charge in [-0.05, 0) is 55.5 Å². The van der Waals surface area contributed by atoms with E-state index >= 15 is 0 Å². The topological polar surface area (TPSA) is 102 Å². The van der Waals surface area contributed by atoms with Crippen LogP contribution in [0.3, 0.4) is 0 Å². The van der Waals surface area contributed by atoms with Crippen molar-refractivity contribution in [1.82, 2.24) is 19.9 Å². The number of carbonyl (C=O) groups is 1. The van der Waals surface area contributed by atoms with Crippen molar-refractivity contribution in [2.75, 3.05) is 36.5 Å². The predicted octanol–water partition coefficient (Wildman–Crippen LogP) is 4.01. The molecule has 0 bridgehead atoms. The van der Waals surface area contributed by atoms with Gasteiger partial charge in [0.2, 0.25) is 5.95 Å². The number of fused-ring (bicyclic) bond motifs is 1. The minimum atomic E-state index is -0.640. The average molecular weight is 552 g/mol. The van der Waals surface area contributed by atoms with Crippen LogP contribution in [-0.2, 0) is 9.47 Å². The molecule has 0 spiro atoms. The first-order valence-electron chi connectivity index (χ1n) is 10.0. The maximum atomic E-state index is 14.3. The maximum absolute atomic E-state index is 14.3. The first kappa shape index (κ1) is 22.5. The number of aromatic nitrogens is 4. The number of nitrogens with zero attached hydrogens (tertiary/aromatic N) is 5. The number of rotatable bonds is 3. The molecule has 0 atom stereocenters. The lowest BCUT2D eigenvalue weighted by atomic mass is 10.2. The highest BCUT2D eigenvalue weighted by molar-refractivity contribution is 14.1. The van der Waals surface area contributed by atoms with Gasteiger partial charge in [-0.15, -0.1) is 0 Å². The van der Waals surface area contributed by atoms with E-state index in [0.717, 1.165) is 0 Å². The first-order valence-corrected chi connectivity index (χ1v) is 11.1. The molecule has 0 radical (unpaired) electrons. The molecule has 0 saturated carbocycles. The number of carbonyl (C=O) groups excluding carboxylic acids is 1. The maximum Gasteiger partial charge on any atom is 0.414 e. The zero-order valence-corrected chi connectivity index (χ0v) is 20.0. The van der Waals surface area contributed by atoms with Crippen LogP contribution in [0.25, 0.3) is 22.3 Å². The summed E-state index contributed by atoms with van der Waals surface area (Å²) < 4.78 is 25.4. The number of hydrogen-bond donors (Lipinski definition) is 1. The average Bonchev–Trinajstić information content (AvgIpc) is 2.74. The van der Waals surface area contributed by atoms with Crippen LogP contribution < -0.4 is 10.2 Å². The Morgan fingerprint density at radius 3 is 2.53 bits per heavy atom. The minimum Gasteiger partial charge on any atom is -0.444 e. The summed E-state index contributed by atoms with van der Waals surface area (Å²) >= 11 is 1.94. The van der Waals surface area contributed by atoms with Crippen molar-refractivity contribution in [1.29, 1.82) is 0 Å². The van der Waals surface area contributed by atoms with Crippen molar-refractivity contribution in [3.63, 3.8) is 0 Å². The molecule has 0 aliphatic carbocycles. The van der Waals surface area contributed by atoms with Crippen LogP contribution in [0.4, 0.5) is 21.0 Å². The molecule has 1 N–H and O–H groups in total. The van der Waals surface area contributed by atoms with Gasteiger partial charge in [0.25, 0.3) is 0 Å². The van der Waals surface area contributed by atoms with Gasteiger partial charge in [-0.2, -0.15) is 0 Å². The van der Waals surface area contributed by atoms with Gasteiger partial charge >= 0.3 is 6.09 Å². The fraction of sp³-hybridized carbons (Fsp3) is 0.381. The van der Waals surface area contributed by atoms with Crippen molar-refractivity contribution in [3.8, 4) is 11.4 Å². The largest absolute Gasteiger partial charge is 0.444 e. The quantitative estimate of drug-likeness (QED) is 0.487. The van der Waals surface area contributed by atoms with Crippen LogP contribution in [0.1, 0.15) is 20.8 Å². The lowest BCUT2D eigenvalue weighted by Gasteiger charge is -2.29. The van der Waals surface area contributed by atoms with E-state index in [-0.39, 0.29) is 11.8 Å². The summed E-state index contributed by atoms with van der Waals surface area (Å²) in [7, 11) is 0. The molecule has 3 heterocycles. The Bertz CT molecular complexity index is 1150. The second kappa shape index (κ2) is 9.06. The van der Waals surface area contributed by atoms with Crippen molar-refractivity contribution >= 4 is 51.4 Å². The van der Waals surface area contributed by atoms with E-state index in [4.69, 9.17) is 14.5 Å². The molecule has 1 aliphatic rings. The van der Waals surface area contributed by atoms with E-state index in [1.807, 2.05) is 22.6 Å². The molecule has 1 aliphatic heterocycles. The lowest BCUT2D eigenvalue weighted by Crippen LogP contribution is -2.37. The molecule has 4 rings (SSSR count). The van der Waals surface area contributed by atoms with Crippen LogP contribution in [-0.4, -0.2) is 57.9 Å². The summed E-state index contributed by atoms with van der Waals surface area (Å²) in [6, 6.07) is 3.16. The van der Waals surface area contributed by atoms with Gasteiger partial charge in [-0.1, -0.05) is 0 Å². The van der Waals surface area contributed by atoms with Gasteiger partial charge in [0.15, 0.2) is 5.82 Å². The number of amides is 1. The van der Waals surface area contributed by atoms with Crippen LogP contribution in [0.15, 0.2) is 24.5 Å². The molecule has 1 saturated heterocycles. The number of hydrogen-bond acceptors (Lipinski definition) is 8. The number of morpholine rings is 1. The summed E-state index contributed by atoms with van der Waals surface area (Å²) in [5.41, 5.74) is 0.560. The normalized spacial score (nSPS) is 14.5. The van der Waals surface area contributed by atoms with Crippen molar-refractivity contribution in [2.24, 2.45) is 0 Å². The van der Waals surface area contributed by atoms with Gasteiger partial charge in [0.05, 0.1) is 27.9 Å². The third kappa shape index (κ3) is 5.21. The molecule has 11 heteroatoms.